The lowest BCUT2D eigenvalue weighted by molar-refractivity contribution is -0.187. The Kier molecular flexibility index (Phi) is 4.19. The van der Waals surface area contributed by atoms with Crippen LogP contribution >= 0.6 is 11.3 Å². The molecule has 0 unspecified atom stereocenters. The average Bonchev–Trinajstić information content (AvgIpc) is 3.46. The van der Waals surface area contributed by atoms with Gasteiger partial charge >= 0.3 is 0 Å². The molecule has 0 aromatic carbocycles. The minimum absolute atomic E-state index is 0.136. The Morgan fingerprint density at radius 3 is 2.70 bits per heavy atom. The second-order valence-electron chi connectivity index (χ2n) is 6.93. The molecule has 8 nitrogen and oxygen atoms in total. The molecule has 3 aromatic heterocycles. The maximum atomic E-state index is 10.9. The lowest BCUT2D eigenvalue weighted by Crippen LogP contribution is -2.46. The van der Waals surface area contributed by atoms with Crippen molar-refractivity contribution in [2.45, 2.75) is 38.0 Å². The number of fused-ring (bicyclic) bond motifs is 1. The molecule has 2 aliphatic heterocycles. The number of aromatic hydroxyl groups is 1. The lowest BCUT2D eigenvalue weighted by atomic mass is 10.0. The van der Waals surface area contributed by atoms with Crippen molar-refractivity contribution in [3.05, 3.63) is 34.9 Å². The second kappa shape index (κ2) is 6.59. The molecule has 2 fully saturated rings. The molecule has 0 amide bonds. The van der Waals surface area contributed by atoms with E-state index in [9.17, 15) is 5.11 Å². The summed E-state index contributed by atoms with van der Waals surface area (Å²) in [6.45, 7) is 4.91. The molecule has 9 heteroatoms. The largest absolute Gasteiger partial charge is 0.492 e. The van der Waals surface area contributed by atoms with E-state index in [1.165, 1.54) is 15.9 Å². The predicted molar refractivity (Wildman–Crippen MR) is 97.9 cm³/mol. The van der Waals surface area contributed by atoms with E-state index in [2.05, 4.69) is 15.0 Å². The highest BCUT2D eigenvalue weighted by Gasteiger charge is 2.43. The number of rotatable bonds is 4. The van der Waals surface area contributed by atoms with E-state index in [4.69, 9.17) is 13.9 Å². The molecule has 0 saturated carbocycles. The number of thiazole rings is 1. The Morgan fingerprint density at radius 2 is 2.07 bits per heavy atom. The third-order valence-electron chi connectivity index (χ3n) is 5.36. The number of hydrogen-bond donors (Lipinski definition) is 1. The molecule has 0 bridgehead atoms. The number of hydrogen-bond acceptors (Lipinski definition) is 8. The molecule has 3 aromatic rings. The van der Waals surface area contributed by atoms with Gasteiger partial charge in [0.25, 0.3) is 0 Å². The number of piperidine rings is 1. The zero-order valence-corrected chi connectivity index (χ0v) is 15.9. The Labute approximate surface area is 160 Å². The van der Waals surface area contributed by atoms with E-state index in [0.717, 1.165) is 48.8 Å². The number of likely N-dealkylation sites (tertiary alicyclic amines) is 1. The molecule has 0 radical (unpaired) electrons. The van der Waals surface area contributed by atoms with Crippen molar-refractivity contribution in [1.29, 1.82) is 0 Å². The van der Waals surface area contributed by atoms with E-state index >= 15 is 0 Å². The molecule has 2 saturated heterocycles. The molecule has 1 atom stereocenters. The molecule has 5 heterocycles. The predicted octanol–water partition coefficient (Wildman–Crippen LogP) is 2.58. The van der Waals surface area contributed by atoms with Crippen LogP contribution in [0.1, 0.15) is 42.3 Å². The van der Waals surface area contributed by atoms with Crippen molar-refractivity contribution in [3.8, 4) is 5.88 Å². The lowest BCUT2D eigenvalue weighted by Gasteiger charge is -2.40. The van der Waals surface area contributed by atoms with Gasteiger partial charge < -0.3 is 19.0 Å². The van der Waals surface area contributed by atoms with Crippen molar-refractivity contribution in [2.75, 3.05) is 26.3 Å². The van der Waals surface area contributed by atoms with E-state index in [0.29, 0.717) is 18.2 Å². The number of nitrogens with zero attached hydrogens (tertiary/aromatic N) is 4. The van der Waals surface area contributed by atoms with Gasteiger partial charge in [-0.3, -0.25) is 4.90 Å². The van der Waals surface area contributed by atoms with Crippen LogP contribution in [-0.2, 0) is 15.9 Å². The van der Waals surface area contributed by atoms with Crippen LogP contribution in [0.2, 0.25) is 0 Å². The fourth-order valence-corrected chi connectivity index (χ4v) is 5.07. The van der Waals surface area contributed by atoms with Crippen LogP contribution in [0.4, 0.5) is 0 Å². The summed E-state index contributed by atoms with van der Waals surface area (Å²) in [5.41, 5.74) is 0. The molecule has 27 heavy (non-hydrogen) atoms. The standard InChI is InChI=1S/C18H22N4O4S/c1-2-13-19-17-22(20-13)16(23)15(27-17)14(12-4-3-9-24-12)21-7-5-18(6-8-21)25-10-11-26-18/h3-4,9,14,23H,2,5-8,10-11H2,1H3/t14-/m1/s1. The summed E-state index contributed by atoms with van der Waals surface area (Å²) in [6, 6.07) is 3.64. The first-order valence-corrected chi connectivity index (χ1v) is 10.1. The SMILES string of the molecule is CCc1nc2sc([C@@H](c3ccco3)N3CCC4(CC3)OCCO4)c(O)n2n1. The van der Waals surface area contributed by atoms with E-state index < -0.39 is 5.79 Å². The summed E-state index contributed by atoms with van der Waals surface area (Å²) in [7, 11) is 0. The molecule has 1 N–H and O–H groups in total. The number of aryl methyl sites for hydroxylation is 1. The van der Waals surface area contributed by atoms with Gasteiger partial charge in [-0.1, -0.05) is 18.3 Å². The van der Waals surface area contributed by atoms with Crippen LogP contribution in [0.15, 0.2) is 22.8 Å². The second-order valence-corrected chi connectivity index (χ2v) is 7.94. The minimum atomic E-state index is -0.437. The zero-order valence-electron chi connectivity index (χ0n) is 15.1. The monoisotopic (exact) mass is 390 g/mol. The van der Waals surface area contributed by atoms with E-state index in [1.807, 2.05) is 19.1 Å². The minimum Gasteiger partial charge on any atom is -0.492 e. The fourth-order valence-electron chi connectivity index (χ4n) is 3.95. The summed E-state index contributed by atoms with van der Waals surface area (Å²) >= 11 is 1.46. The Morgan fingerprint density at radius 1 is 1.30 bits per heavy atom. The normalized spacial score (nSPS) is 21.4. The molecule has 144 valence electrons. The van der Waals surface area contributed by atoms with Crippen LogP contribution in [-0.4, -0.2) is 56.7 Å². The van der Waals surface area contributed by atoms with Crippen LogP contribution in [0, 0.1) is 0 Å². The quantitative estimate of drug-likeness (QED) is 0.733. The number of aromatic nitrogens is 3. The molecule has 1 spiro atoms. The first kappa shape index (κ1) is 17.2. The summed E-state index contributed by atoms with van der Waals surface area (Å²) in [5.74, 6) is 1.23. The molecule has 0 aliphatic carbocycles. The van der Waals surface area contributed by atoms with Crippen LogP contribution in [0.5, 0.6) is 5.88 Å². The van der Waals surface area contributed by atoms with Crippen molar-refractivity contribution < 1.29 is 19.0 Å². The van der Waals surface area contributed by atoms with Gasteiger partial charge in [-0.25, -0.2) is 4.98 Å². The smallest absolute Gasteiger partial charge is 0.230 e. The maximum absolute atomic E-state index is 10.9. The van der Waals surface area contributed by atoms with Gasteiger partial charge in [0.2, 0.25) is 10.8 Å². The molecular weight excluding hydrogens is 368 g/mol. The average molecular weight is 390 g/mol. The Bertz CT molecular complexity index is 919. The van der Waals surface area contributed by atoms with Crippen molar-refractivity contribution in [1.82, 2.24) is 19.5 Å². The fraction of sp³-hybridized carbons (Fsp3) is 0.556. The third kappa shape index (κ3) is 2.85. The summed E-state index contributed by atoms with van der Waals surface area (Å²) in [6.07, 6.45) is 4.00. The highest BCUT2D eigenvalue weighted by atomic mass is 32.1. The van der Waals surface area contributed by atoms with E-state index in [-0.39, 0.29) is 11.9 Å². The van der Waals surface area contributed by atoms with Gasteiger partial charge in [0.1, 0.15) is 11.8 Å². The zero-order chi connectivity index (χ0) is 18.4. The number of ether oxygens (including phenoxy) is 2. The van der Waals surface area contributed by atoms with Crippen molar-refractivity contribution >= 4 is 16.3 Å². The van der Waals surface area contributed by atoms with Crippen LogP contribution < -0.4 is 0 Å². The summed E-state index contributed by atoms with van der Waals surface area (Å²) < 4.78 is 19.0. The molecular formula is C18H22N4O4S. The highest BCUT2D eigenvalue weighted by molar-refractivity contribution is 7.17. The Hall–Kier alpha value is -1.94. The number of furan rings is 1. The van der Waals surface area contributed by atoms with Crippen molar-refractivity contribution in [2.24, 2.45) is 0 Å². The first-order chi connectivity index (χ1) is 13.2. The van der Waals surface area contributed by atoms with Crippen LogP contribution in [0.25, 0.3) is 4.96 Å². The maximum Gasteiger partial charge on any atom is 0.230 e. The van der Waals surface area contributed by atoms with Gasteiger partial charge in [0.15, 0.2) is 11.6 Å². The van der Waals surface area contributed by atoms with Crippen LogP contribution in [0.3, 0.4) is 0 Å². The van der Waals surface area contributed by atoms with Crippen molar-refractivity contribution in [3.63, 3.8) is 0 Å². The van der Waals surface area contributed by atoms with Gasteiger partial charge in [-0.2, -0.15) is 4.52 Å². The van der Waals surface area contributed by atoms with Gasteiger partial charge in [-0.05, 0) is 12.1 Å². The van der Waals surface area contributed by atoms with E-state index in [1.54, 1.807) is 6.26 Å². The summed E-state index contributed by atoms with van der Waals surface area (Å²) in [4.78, 5) is 8.31. The summed E-state index contributed by atoms with van der Waals surface area (Å²) in [5, 5.41) is 15.3. The van der Waals surface area contributed by atoms with Gasteiger partial charge in [-0.15, -0.1) is 5.10 Å². The van der Waals surface area contributed by atoms with Gasteiger partial charge in [0.05, 0.1) is 24.4 Å². The molecule has 2 aliphatic rings. The molecule has 5 rings (SSSR count). The Balaban J connectivity index is 1.49. The highest BCUT2D eigenvalue weighted by Crippen LogP contribution is 2.42. The first-order valence-electron chi connectivity index (χ1n) is 9.32. The topological polar surface area (TPSA) is 85.3 Å². The third-order valence-corrected chi connectivity index (χ3v) is 6.43. The van der Waals surface area contributed by atoms with Gasteiger partial charge in [0, 0.05) is 32.4 Å².